The molecule has 0 atom stereocenters. The molecule has 0 bridgehead atoms. The van der Waals surface area contributed by atoms with Gasteiger partial charge >= 0.3 is 0 Å². The number of benzene rings is 8. The minimum atomic E-state index is -3.93. The topological polar surface area (TPSA) is 374 Å². The monoisotopic (exact) mass is 1670 g/mol. The molecule has 0 aliphatic rings. The Balaban J connectivity index is 0.000000161. The standard InChI is InChI=1S/C17H15ClN4O4S2.C17H16ClN3O2S2.C15H10Cl2N4O4S2.C15H11Cl2N3O2S2/c1-2-3-11-4-7-13(8-5-11)28(25,26)21-17-20-19-16(27-17)14-10-12(22(23)24)6-9-15(14)18;1-2-5-12-8-10-13(11-9-12)25(22,23)21-17-20-19-16(24-17)14-6-3-4-7-15(14)18;1-8-11(16)3-2-4-13(8)27(24,25)20-15-19-18-14(26-15)10-7-9(21(22)23)5-6-12(10)17;1-9-11(16)7-4-8-13(9)24(21,22)20-15-19-18-14(23-15)10-5-2-3-6-12(10)17/h4-10H,2-3H2,1H3,(H,20,21);3-4,6-11H,2,5H2,1H3,(H,20,21);2-7H,1H3,(H,19,20);2-8H,1H3,(H,19,20). The largest absolute Gasteiger partial charge is 0.270 e. The summed E-state index contributed by atoms with van der Waals surface area (Å²) in [4.78, 5) is 21.2. The van der Waals surface area contributed by atoms with Gasteiger partial charge in [-0.05, 0) is 122 Å². The Labute approximate surface area is 642 Å². The first-order valence-corrected chi connectivity index (χ1v) is 41.3. The van der Waals surface area contributed by atoms with E-state index in [2.05, 4.69) is 66.6 Å². The number of aromatic nitrogens is 8. The van der Waals surface area contributed by atoms with Gasteiger partial charge in [-0.2, -0.15) is 0 Å². The maximum Gasteiger partial charge on any atom is 0.270 e. The number of sulfonamides is 4. The van der Waals surface area contributed by atoms with Crippen molar-refractivity contribution in [3.05, 3.63) is 242 Å². The van der Waals surface area contributed by atoms with Crippen molar-refractivity contribution in [2.24, 2.45) is 0 Å². The second kappa shape index (κ2) is 35.1. The number of non-ortho nitro benzene ring substituents is 2. The molecule has 4 aromatic heterocycles. The lowest BCUT2D eigenvalue weighted by atomic mass is 10.1. The fraction of sp³-hybridized carbons (Fsp3) is 0.125. The van der Waals surface area contributed by atoms with Gasteiger partial charge < -0.3 is 0 Å². The van der Waals surface area contributed by atoms with Crippen LogP contribution in [0.2, 0.25) is 30.1 Å². The Hall–Kier alpha value is -8.46. The molecule has 0 saturated carbocycles. The minimum absolute atomic E-state index is 0.00746. The van der Waals surface area contributed by atoms with Crippen molar-refractivity contribution in [1.29, 1.82) is 0 Å². The molecule has 0 unspecified atom stereocenters. The lowest BCUT2D eigenvalue weighted by Crippen LogP contribution is -2.14. The number of anilines is 4. The number of rotatable bonds is 22. The van der Waals surface area contributed by atoms with Crippen LogP contribution in [-0.4, -0.2) is 84.3 Å². The third-order valence-electron chi connectivity index (χ3n) is 14.1. The van der Waals surface area contributed by atoms with Crippen molar-refractivity contribution >= 4 is 187 Å². The lowest BCUT2D eigenvalue weighted by Gasteiger charge is -2.08. The molecule has 0 spiro atoms. The smallest absolute Gasteiger partial charge is 0.258 e. The number of nitro benzene ring substituents is 2. The van der Waals surface area contributed by atoms with E-state index in [1.165, 1.54) is 66.7 Å². The number of hydrogen-bond acceptors (Lipinski definition) is 24. The average Bonchev–Trinajstić information content (AvgIpc) is 0.919. The number of nitrogens with one attached hydrogen (secondary N) is 4. The summed E-state index contributed by atoms with van der Waals surface area (Å²) in [5.41, 5.74) is 4.73. The van der Waals surface area contributed by atoms with Gasteiger partial charge in [0.05, 0.1) is 49.5 Å². The van der Waals surface area contributed by atoms with Crippen LogP contribution in [0.5, 0.6) is 0 Å². The predicted molar refractivity (Wildman–Crippen MR) is 411 cm³/mol. The van der Waals surface area contributed by atoms with Gasteiger partial charge in [0.15, 0.2) is 20.0 Å². The molecule has 0 amide bonds. The van der Waals surface area contributed by atoms with Crippen molar-refractivity contribution < 1.29 is 43.5 Å². The summed E-state index contributed by atoms with van der Waals surface area (Å²) in [5, 5.41) is 57.3. The molecule has 26 nitrogen and oxygen atoms in total. The molecular formula is C64H52Cl6N14O12S8. The number of hydrogen-bond donors (Lipinski definition) is 4. The van der Waals surface area contributed by atoms with Crippen LogP contribution in [0.25, 0.3) is 42.3 Å². The second-order valence-electron chi connectivity index (χ2n) is 21.4. The molecule has 0 saturated heterocycles. The van der Waals surface area contributed by atoms with Gasteiger partial charge in [0.25, 0.3) is 51.5 Å². The number of nitrogens with zero attached hydrogens (tertiary/aromatic N) is 10. The maximum atomic E-state index is 12.6. The Kier molecular flexibility index (Phi) is 26.9. The van der Waals surface area contributed by atoms with Gasteiger partial charge in [-0.15, -0.1) is 40.8 Å². The number of nitro groups is 2. The molecule has 0 fully saturated rings. The fourth-order valence-electron chi connectivity index (χ4n) is 9.04. The van der Waals surface area contributed by atoms with Crippen LogP contribution in [0, 0.1) is 34.1 Å². The molecule has 12 rings (SSSR count). The first-order valence-electron chi connectivity index (χ1n) is 29.9. The maximum absolute atomic E-state index is 12.6. The third kappa shape index (κ3) is 20.5. The Bertz CT molecular complexity index is 5610. The van der Waals surface area contributed by atoms with E-state index in [0.29, 0.717) is 52.4 Å². The summed E-state index contributed by atoms with van der Waals surface area (Å²) in [6.45, 7) is 7.36. The zero-order valence-corrected chi connectivity index (χ0v) is 65.0. The fourth-order valence-corrected chi connectivity index (χ4v) is 19.2. The van der Waals surface area contributed by atoms with Crippen molar-refractivity contribution in [2.75, 3.05) is 18.9 Å². The summed E-state index contributed by atoms with van der Waals surface area (Å²) >= 11 is 40.5. The van der Waals surface area contributed by atoms with Crippen LogP contribution < -0.4 is 18.9 Å². The van der Waals surface area contributed by atoms with E-state index in [0.717, 1.165) is 87.7 Å². The van der Waals surface area contributed by atoms with E-state index in [1.54, 1.807) is 80.6 Å². The highest BCUT2D eigenvalue weighted by atomic mass is 35.5. The normalized spacial score (nSPS) is 11.4. The van der Waals surface area contributed by atoms with Gasteiger partial charge in [0, 0.05) is 56.6 Å². The highest BCUT2D eigenvalue weighted by Crippen LogP contribution is 2.39. The molecular weight excluding hydrogens is 1630 g/mol. The van der Waals surface area contributed by atoms with Crippen molar-refractivity contribution in [3.63, 3.8) is 0 Å². The van der Waals surface area contributed by atoms with E-state index in [1.807, 2.05) is 43.3 Å². The summed E-state index contributed by atoms with van der Waals surface area (Å²) in [6, 6.07) is 44.9. The van der Waals surface area contributed by atoms with Gasteiger partial charge in [-0.1, -0.05) is 214 Å². The van der Waals surface area contributed by atoms with Gasteiger partial charge in [-0.25, -0.2) is 33.7 Å². The van der Waals surface area contributed by atoms with Crippen LogP contribution in [-0.2, 0) is 52.9 Å². The van der Waals surface area contributed by atoms with Gasteiger partial charge in [0.1, 0.15) is 0 Å². The Morgan fingerprint density at radius 3 is 0.952 bits per heavy atom. The molecule has 4 heterocycles. The van der Waals surface area contributed by atoms with Crippen molar-refractivity contribution in [3.8, 4) is 42.3 Å². The molecule has 0 aliphatic heterocycles. The summed E-state index contributed by atoms with van der Waals surface area (Å²) in [7, 11) is -15.3. The Morgan fingerprint density at radius 2 is 0.644 bits per heavy atom. The number of halogens is 6. The predicted octanol–water partition coefficient (Wildman–Crippen LogP) is 18.3. The van der Waals surface area contributed by atoms with Gasteiger partial charge in [-0.3, -0.25) is 39.1 Å². The zero-order chi connectivity index (χ0) is 75.3. The molecule has 0 radical (unpaired) electrons. The summed E-state index contributed by atoms with van der Waals surface area (Å²) < 4.78 is 110. The lowest BCUT2D eigenvalue weighted by molar-refractivity contribution is -0.385. The quantitative estimate of drug-likeness (QED) is 0.0362. The first-order chi connectivity index (χ1) is 49.4. The molecule has 540 valence electrons. The molecule has 8 aromatic carbocycles. The highest BCUT2D eigenvalue weighted by Gasteiger charge is 2.26. The van der Waals surface area contributed by atoms with E-state index in [-0.39, 0.29) is 77.1 Å². The highest BCUT2D eigenvalue weighted by molar-refractivity contribution is 7.94. The molecule has 12 aromatic rings. The van der Waals surface area contributed by atoms with Gasteiger partial charge in [0.2, 0.25) is 20.5 Å². The second-order valence-corrected chi connectivity index (χ2v) is 34.4. The molecule has 40 heteroatoms. The first kappa shape index (κ1) is 79.7. The van der Waals surface area contributed by atoms with Crippen molar-refractivity contribution in [1.82, 2.24) is 40.8 Å². The summed E-state index contributed by atoms with van der Waals surface area (Å²) in [6.07, 6.45) is 3.78. The Morgan fingerprint density at radius 1 is 0.356 bits per heavy atom. The van der Waals surface area contributed by atoms with E-state index in [4.69, 9.17) is 69.6 Å². The number of aryl methyl sites for hydroxylation is 2. The zero-order valence-electron chi connectivity index (χ0n) is 53.9. The minimum Gasteiger partial charge on any atom is -0.258 e. The van der Waals surface area contributed by atoms with Crippen LogP contribution in [0.15, 0.2) is 189 Å². The van der Waals surface area contributed by atoms with Crippen LogP contribution in [0.4, 0.5) is 31.9 Å². The third-order valence-corrected chi connectivity index (χ3v) is 26.0. The SMILES string of the molecule is CCCc1ccc(S(=O)(=O)Nc2nnc(-c3cc([N+](=O)[O-])ccc3Cl)s2)cc1.CCCc1ccc(S(=O)(=O)Nc2nnc(-c3ccccc3Cl)s2)cc1.Cc1c(Cl)cccc1S(=O)(=O)Nc1nnc(-c2cc([N+](=O)[O-])ccc2Cl)s1.Cc1c(Cl)cccc1S(=O)(=O)Nc1nnc(-c2ccccc2Cl)s1. The average molecular weight is 1680 g/mol. The summed E-state index contributed by atoms with van der Waals surface area (Å²) in [5.74, 6) is 0. The van der Waals surface area contributed by atoms with E-state index >= 15 is 0 Å². The van der Waals surface area contributed by atoms with Crippen LogP contribution in [0.3, 0.4) is 0 Å². The van der Waals surface area contributed by atoms with Crippen LogP contribution in [0.1, 0.15) is 48.9 Å². The molecule has 4 N–H and O–H groups in total. The molecule has 0 aliphatic carbocycles. The van der Waals surface area contributed by atoms with Crippen LogP contribution >= 0.6 is 115 Å². The molecule has 104 heavy (non-hydrogen) atoms. The van der Waals surface area contributed by atoms with E-state index < -0.39 is 49.9 Å². The van der Waals surface area contributed by atoms with Crippen molar-refractivity contribution in [2.45, 2.75) is 73.0 Å². The van der Waals surface area contributed by atoms with E-state index in [9.17, 15) is 53.9 Å².